The number of ether oxygens (including phenoxy) is 4. The fourth-order valence-corrected chi connectivity index (χ4v) is 9.33. The molecule has 0 aliphatic rings. The molecule has 2 unspecified atom stereocenters. The fraction of sp³-hybridized carbons (Fsp3) is 0.583. The summed E-state index contributed by atoms with van der Waals surface area (Å²) >= 11 is 0. The number of esters is 2. The number of hydrogen-bond acceptors (Lipinski definition) is 8. The number of rotatable bonds is 65. The molecule has 0 bridgehead atoms. The maximum Gasteiger partial charge on any atom is 0.306 e. The van der Waals surface area contributed by atoms with Gasteiger partial charge in [-0.25, -0.2) is 0 Å². The van der Waals surface area contributed by atoms with E-state index in [4.69, 9.17) is 18.9 Å². The van der Waals surface area contributed by atoms with Crippen LogP contribution >= 0.6 is 0 Å². The first kappa shape index (κ1) is 87.1. The number of unbranched alkanes of at least 4 members (excludes halogenated alkanes) is 18. The smallest absolute Gasteiger partial charge is 0.306 e. The summed E-state index contributed by atoms with van der Waals surface area (Å²) in [6.45, 7) is 4.45. The van der Waals surface area contributed by atoms with Crippen LogP contribution in [0.4, 0.5) is 0 Å². The molecule has 0 aliphatic heterocycles. The van der Waals surface area contributed by atoms with E-state index < -0.39 is 30.3 Å². The quantitative estimate of drug-likeness (QED) is 0.0195. The Morgan fingerprint density at radius 3 is 0.882 bits per heavy atom. The van der Waals surface area contributed by atoms with E-state index in [2.05, 4.69) is 208 Å². The van der Waals surface area contributed by atoms with Crippen molar-refractivity contribution in [3.05, 3.63) is 194 Å². The maximum atomic E-state index is 12.9. The van der Waals surface area contributed by atoms with Gasteiger partial charge in [0.1, 0.15) is 13.2 Å². The van der Waals surface area contributed by atoms with Crippen molar-refractivity contribution in [2.45, 2.75) is 270 Å². The molecule has 0 aromatic rings. The molecule has 0 saturated carbocycles. The second kappa shape index (κ2) is 72.0. The molecule has 0 heterocycles. The van der Waals surface area contributed by atoms with Crippen molar-refractivity contribution in [2.75, 3.05) is 47.5 Å². The average molecular weight is 1280 g/mol. The van der Waals surface area contributed by atoms with Crippen LogP contribution in [0.25, 0.3) is 0 Å². The highest BCUT2D eigenvalue weighted by atomic mass is 16.7. The van der Waals surface area contributed by atoms with Gasteiger partial charge in [-0.3, -0.25) is 9.59 Å². The highest BCUT2D eigenvalue weighted by Gasteiger charge is 2.22. The van der Waals surface area contributed by atoms with Crippen molar-refractivity contribution in [1.82, 2.24) is 0 Å². The van der Waals surface area contributed by atoms with Crippen LogP contribution in [-0.4, -0.2) is 82.3 Å². The van der Waals surface area contributed by atoms with Crippen LogP contribution in [0.5, 0.6) is 0 Å². The normalized spacial score (nSPS) is 13.9. The summed E-state index contributed by atoms with van der Waals surface area (Å²) < 4.78 is 22.7. The third-order valence-electron chi connectivity index (χ3n) is 14.8. The lowest BCUT2D eigenvalue weighted by Gasteiger charge is -2.26. The average Bonchev–Trinajstić information content (AvgIpc) is 3.38. The van der Waals surface area contributed by atoms with E-state index >= 15 is 0 Å². The molecule has 0 N–H and O–H groups in total. The van der Waals surface area contributed by atoms with Crippen LogP contribution in [0.1, 0.15) is 258 Å². The number of carboxylic acids is 1. The first-order valence-corrected chi connectivity index (χ1v) is 36.6. The molecule has 2 atom stereocenters. The van der Waals surface area contributed by atoms with Crippen molar-refractivity contribution in [3.8, 4) is 0 Å². The highest BCUT2D eigenvalue weighted by Crippen LogP contribution is 2.16. The topological polar surface area (TPSA) is 111 Å². The Bertz CT molecular complexity index is 2230. The Morgan fingerprint density at radius 2 is 0.581 bits per heavy atom. The molecule has 0 spiro atoms. The summed E-state index contributed by atoms with van der Waals surface area (Å²) in [5.41, 5.74) is 0. The van der Waals surface area contributed by atoms with E-state index in [1.54, 1.807) is 0 Å². The Labute approximate surface area is 570 Å². The molecular weight excluding hydrogens is 1150 g/mol. The molecule has 9 heteroatoms. The van der Waals surface area contributed by atoms with Gasteiger partial charge in [0.25, 0.3) is 0 Å². The number of quaternary nitrogens is 1. The van der Waals surface area contributed by atoms with Crippen LogP contribution < -0.4 is 5.11 Å². The van der Waals surface area contributed by atoms with E-state index in [0.717, 1.165) is 135 Å². The fourth-order valence-electron chi connectivity index (χ4n) is 9.33. The molecule has 9 nitrogen and oxygen atoms in total. The molecule has 0 aliphatic carbocycles. The minimum atomic E-state index is -1.64. The number of likely N-dealkylation sites (N-methyl/N-ethyl adjacent to an activating group) is 1. The molecule has 0 saturated heterocycles. The van der Waals surface area contributed by atoms with Crippen LogP contribution in [-0.2, 0) is 33.3 Å². The zero-order valence-corrected chi connectivity index (χ0v) is 59.5. The van der Waals surface area contributed by atoms with E-state index in [1.165, 1.54) is 83.5 Å². The predicted molar refractivity (Wildman–Crippen MR) is 397 cm³/mol. The molecule has 0 aromatic carbocycles. The van der Waals surface area contributed by atoms with Gasteiger partial charge in [-0.2, -0.15) is 0 Å². The van der Waals surface area contributed by atoms with Crippen LogP contribution in [0.3, 0.4) is 0 Å². The molecule has 522 valence electrons. The number of carboxylic acid groups (broad SMARTS) is 1. The monoisotopic (exact) mass is 1280 g/mol. The number of aliphatic carboxylic acids is 1. The van der Waals surface area contributed by atoms with Crippen molar-refractivity contribution in [3.63, 3.8) is 0 Å². The standard InChI is InChI=1S/C84H133NO8/c1-6-8-10-12-14-16-18-20-22-24-26-28-30-32-34-35-36-37-38-39-40-41-42-43-44-45-46-47-49-51-53-55-57-59-61-63-65-67-69-71-73-75-82(87)93-80(79-92-84(83(88)89)90-77-76-85(3,4)5)78-91-81(86)74-72-70-68-66-64-62-60-58-56-54-52-50-48-33-31-29-27-25-23-21-19-17-15-13-11-9-7-2/h8-11,14-17,20-23,26-29,32-34,36-37,39-40,42-43,48,52,54,58,60,64,66,80,84H,6-7,12-13,18-19,24-25,30-31,35,38,41,44-47,49-51,53,55-57,59,61-63,65,67-79H2,1-5H3/b10-8-,11-9-,16-14-,17-15-,22-20-,23-21-,28-26-,29-27-,34-32-,37-36-,40-39-,43-42-,48-33-,54-52-,60-58-,66-64-. The van der Waals surface area contributed by atoms with Crippen molar-refractivity contribution in [1.29, 1.82) is 0 Å². The minimum Gasteiger partial charge on any atom is -0.545 e. The van der Waals surface area contributed by atoms with Crippen molar-refractivity contribution >= 4 is 17.9 Å². The van der Waals surface area contributed by atoms with Gasteiger partial charge in [0.05, 0.1) is 40.3 Å². The zero-order chi connectivity index (χ0) is 67.5. The van der Waals surface area contributed by atoms with Gasteiger partial charge in [0.15, 0.2) is 12.4 Å². The van der Waals surface area contributed by atoms with E-state index in [1.807, 2.05) is 21.1 Å². The number of carbonyl (C=O) groups is 3. The van der Waals surface area contributed by atoms with E-state index in [9.17, 15) is 19.5 Å². The molecule has 0 aromatic heterocycles. The second-order valence-corrected chi connectivity index (χ2v) is 24.8. The first-order chi connectivity index (χ1) is 45.6. The largest absolute Gasteiger partial charge is 0.545 e. The Hall–Kier alpha value is -5.87. The van der Waals surface area contributed by atoms with E-state index in [-0.39, 0.29) is 32.7 Å². The van der Waals surface area contributed by atoms with Gasteiger partial charge in [-0.15, -0.1) is 0 Å². The predicted octanol–water partition coefficient (Wildman–Crippen LogP) is 22.0. The maximum absolute atomic E-state index is 12.9. The number of nitrogens with zero attached hydrogens (tertiary/aromatic N) is 1. The summed E-state index contributed by atoms with van der Waals surface area (Å²) in [7, 11) is 5.91. The minimum absolute atomic E-state index is 0.131. The summed E-state index contributed by atoms with van der Waals surface area (Å²) in [6.07, 6.45) is 108. The molecule has 0 radical (unpaired) electrons. The summed E-state index contributed by atoms with van der Waals surface area (Å²) in [6, 6.07) is 0. The lowest BCUT2D eigenvalue weighted by atomic mass is 10.0. The van der Waals surface area contributed by atoms with E-state index in [0.29, 0.717) is 23.9 Å². The van der Waals surface area contributed by atoms with Gasteiger partial charge in [-0.05, 0) is 141 Å². The summed E-state index contributed by atoms with van der Waals surface area (Å²) in [4.78, 5) is 37.5. The Balaban J connectivity index is 4.17. The lowest BCUT2D eigenvalue weighted by molar-refractivity contribution is -0.870. The highest BCUT2D eigenvalue weighted by molar-refractivity contribution is 5.70. The zero-order valence-electron chi connectivity index (χ0n) is 59.5. The van der Waals surface area contributed by atoms with Crippen LogP contribution in [0.2, 0.25) is 0 Å². The SMILES string of the molecule is CC/C=C\C/C=C\C/C=C\C/C=C\C/C=C\C/C=C\C/C=C\C/C=C\CCCCCCCCCCCCCCCCCCC(=O)OC(COC(=O)CCCC/C=C\C/C=C\C/C=C\C/C=C\C/C=C\C/C=C\C/C=C\C/C=C\CC)COC(OCC[N+](C)(C)C)C(=O)[O-]. The first-order valence-electron chi connectivity index (χ1n) is 36.6. The summed E-state index contributed by atoms with van der Waals surface area (Å²) in [5.74, 6) is -2.36. The molecule has 0 fully saturated rings. The Kier molecular flexibility index (Phi) is 67.4. The third kappa shape index (κ3) is 73.4. The van der Waals surface area contributed by atoms with Crippen molar-refractivity contribution < 1.29 is 42.9 Å². The molecule has 0 rings (SSSR count). The van der Waals surface area contributed by atoms with Crippen molar-refractivity contribution in [2.24, 2.45) is 0 Å². The van der Waals surface area contributed by atoms with Crippen LogP contribution in [0.15, 0.2) is 194 Å². The third-order valence-corrected chi connectivity index (χ3v) is 14.8. The van der Waals surface area contributed by atoms with Gasteiger partial charge in [-0.1, -0.05) is 298 Å². The lowest BCUT2D eigenvalue weighted by Crippen LogP contribution is -2.44. The van der Waals surface area contributed by atoms with Gasteiger partial charge in [0.2, 0.25) is 0 Å². The number of hydrogen-bond donors (Lipinski definition) is 0. The Morgan fingerprint density at radius 1 is 0.323 bits per heavy atom. The van der Waals surface area contributed by atoms with Gasteiger partial charge in [0, 0.05) is 12.8 Å². The summed E-state index contributed by atoms with van der Waals surface area (Å²) in [5, 5.41) is 11.8. The van der Waals surface area contributed by atoms with Crippen LogP contribution in [0, 0.1) is 0 Å². The molecular formula is C84H133NO8. The van der Waals surface area contributed by atoms with Gasteiger partial charge < -0.3 is 33.3 Å². The van der Waals surface area contributed by atoms with Gasteiger partial charge >= 0.3 is 11.9 Å². The molecule has 0 amide bonds. The number of carbonyl (C=O) groups excluding carboxylic acids is 3. The second-order valence-electron chi connectivity index (χ2n) is 24.8. The number of allylic oxidation sites excluding steroid dienone is 32. The molecule has 93 heavy (non-hydrogen) atoms.